The van der Waals surface area contributed by atoms with Crippen LogP contribution in [0, 0.1) is 0 Å². The smallest absolute Gasteiger partial charge is 0.347 e. The Morgan fingerprint density at radius 1 is 1.22 bits per heavy atom. The van der Waals surface area contributed by atoms with E-state index in [-0.39, 0.29) is 11.3 Å². The molecule has 1 aromatic heterocycles. The van der Waals surface area contributed by atoms with Crippen molar-refractivity contribution in [1.82, 2.24) is 4.98 Å². The van der Waals surface area contributed by atoms with E-state index in [9.17, 15) is 14.7 Å². The molecule has 0 spiro atoms. The van der Waals surface area contributed by atoms with E-state index in [4.69, 9.17) is 0 Å². The lowest BCUT2D eigenvalue weighted by Gasteiger charge is -2.13. The molecule has 0 saturated heterocycles. The molecule has 1 amide bonds. The Labute approximate surface area is 139 Å². The van der Waals surface area contributed by atoms with Gasteiger partial charge in [-0.25, -0.2) is 9.78 Å². The predicted molar refractivity (Wildman–Crippen MR) is 91.3 cm³/mol. The van der Waals surface area contributed by atoms with E-state index in [1.807, 2.05) is 32.9 Å². The van der Waals surface area contributed by atoms with Crippen LogP contribution in [0.1, 0.15) is 53.6 Å². The van der Waals surface area contributed by atoms with Crippen LogP contribution in [0.5, 0.6) is 0 Å². The minimum absolute atomic E-state index is 0.125. The maximum atomic E-state index is 11.5. The number of nitrogens with one attached hydrogen (secondary N) is 1. The molecule has 0 aliphatic rings. The average molecular weight is 332 g/mol. The normalized spacial score (nSPS) is 11.3. The fourth-order valence-corrected chi connectivity index (χ4v) is 3.04. The third kappa shape index (κ3) is 4.39. The van der Waals surface area contributed by atoms with Crippen LogP contribution >= 0.6 is 11.3 Å². The van der Waals surface area contributed by atoms with Crippen LogP contribution in [0.4, 0.5) is 5.69 Å². The van der Waals surface area contributed by atoms with Crippen molar-refractivity contribution in [3.63, 3.8) is 0 Å². The molecule has 1 aromatic carbocycles. The summed E-state index contributed by atoms with van der Waals surface area (Å²) in [5, 5.41) is 12.9. The third-order valence-corrected chi connectivity index (χ3v) is 4.69. The molecule has 1 heterocycles. The molecule has 122 valence electrons. The summed E-state index contributed by atoms with van der Waals surface area (Å²) in [5.41, 5.74) is 2.07. The third-order valence-electron chi connectivity index (χ3n) is 3.18. The van der Waals surface area contributed by atoms with Crippen molar-refractivity contribution < 1.29 is 14.7 Å². The summed E-state index contributed by atoms with van der Waals surface area (Å²) < 4.78 is 0. The summed E-state index contributed by atoms with van der Waals surface area (Å²) in [7, 11) is 0. The van der Waals surface area contributed by atoms with Gasteiger partial charge < -0.3 is 10.4 Å². The SMILES string of the molecule is CC(=O)Nc1ccc(Cc2nc(C(C)(C)C)sc2C(=O)O)cc1. The molecule has 6 heteroatoms. The quantitative estimate of drug-likeness (QED) is 0.895. The topological polar surface area (TPSA) is 79.3 Å². The lowest BCUT2D eigenvalue weighted by atomic mass is 9.98. The predicted octanol–water partition coefficient (Wildman–Crippen LogP) is 3.69. The van der Waals surface area contributed by atoms with Gasteiger partial charge in [0.1, 0.15) is 4.88 Å². The van der Waals surface area contributed by atoms with Crippen LogP contribution in [-0.4, -0.2) is 22.0 Å². The summed E-state index contributed by atoms with van der Waals surface area (Å²) >= 11 is 1.24. The van der Waals surface area contributed by atoms with Gasteiger partial charge in [-0.1, -0.05) is 32.9 Å². The maximum absolute atomic E-state index is 11.5. The summed E-state index contributed by atoms with van der Waals surface area (Å²) in [5.74, 6) is -1.07. The van der Waals surface area contributed by atoms with Gasteiger partial charge in [-0.2, -0.15) is 0 Å². The molecular formula is C17H20N2O3S. The van der Waals surface area contributed by atoms with Gasteiger partial charge in [-0.15, -0.1) is 11.3 Å². The van der Waals surface area contributed by atoms with Gasteiger partial charge in [0.15, 0.2) is 0 Å². The Morgan fingerprint density at radius 3 is 2.30 bits per heavy atom. The summed E-state index contributed by atoms with van der Waals surface area (Å²) in [6.45, 7) is 7.51. The maximum Gasteiger partial charge on any atom is 0.347 e. The highest BCUT2D eigenvalue weighted by Gasteiger charge is 2.24. The minimum atomic E-state index is -0.942. The van der Waals surface area contributed by atoms with Crippen LogP contribution in [0.15, 0.2) is 24.3 Å². The van der Waals surface area contributed by atoms with Gasteiger partial charge in [0, 0.05) is 24.4 Å². The Morgan fingerprint density at radius 2 is 1.83 bits per heavy atom. The summed E-state index contributed by atoms with van der Waals surface area (Å²) in [4.78, 5) is 27.3. The molecule has 2 aromatic rings. The highest BCUT2D eigenvalue weighted by molar-refractivity contribution is 7.13. The molecule has 0 bridgehead atoms. The van der Waals surface area contributed by atoms with E-state index < -0.39 is 5.97 Å². The number of carboxylic acids is 1. The van der Waals surface area contributed by atoms with Crippen LogP contribution in [0.25, 0.3) is 0 Å². The molecule has 2 N–H and O–H groups in total. The van der Waals surface area contributed by atoms with E-state index in [1.54, 1.807) is 12.1 Å². The molecule has 0 saturated carbocycles. The van der Waals surface area contributed by atoms with Crippen molar-refractivity contribution in [2.75, 3.05) is 5.32 Å². The standard InChI is InChI=1S/C17H20N2O3S/c1-10(20)18-12-7-5-11(6-8-12)9-13-14(15(21)22)23-16(19-13)17(2,3)4/h5-8H,9H2,1-4H3,(H,18,20)(H,21,22). The fourth-order valence-electron chi connectivity index (χ4n) is 2.06. The highest BCUT2D eigenvalue weighted by atomic mass is 32.1. The second-order valence-corrected chi connectivity index (χ2v) is 7.40. The molecule has 0 unspecified atom stereocenters. The number of carbonyl (C=O) groups excluding carboxylic acids is 1. The number of rotatable bonds is 4. The molecule has 23 heavy (non-hydrogen) atoms. The van der Waals surface area contributed by atoms with E-state index in [0.717, 1.165) is 10.6 Å². The van der Waals surface area contributed by atoms with Crippen LogP contribution in [-0.2, 0) is 16.6 Å². The fraction of sp³-hybridized carbons (Fsp3) is 0.353. The number of thiazole rings is 1. The zero-order valence-corrected chi connectivity index (χ0v) is 14.5. The number of hydrogen-bond acceptors (Lipinski definition) is 4. The van der Waals surface area contributed by atoms with E-state index in [0.29, 0.717) is 22.7 Å². The number of carboxylic acid groups (broad SMARTS) is 1. The lowest BCUT2D eigenvalue weighted by Crippen LogP contribution is -2.10. The van der Waals surface area contributed by atoms with Crippen molar-refractivity contribution in [1.29, 1.82) is 0 Å². The van der Waals surface area contributed by atoms with Gasteiger partial charge in [-0.05, 0) is 17.7 Å². The second kappa shape index (κ2) is 6.50. The largest absolute Gasteiger partial charge is 0.477 e. The number of nitrogens with zero attached hydrogens (tertiary/aromatic N) is 1. The van der Waals surface area contributed by atoms with E-state index in [1.165, 1.54) is 18.3 Å². The van der Waals surface area contributed by atoms with Gasteiger partial charge >= 0.3 is 5.97 Å². The molecule has 0 radical (unpaired) electrons. The number of hydrogen-bond donors (Lipinski definition) is 2. The van der Waals surface area contributed by atoms with Crippen LogP contribution in [0.2, 0.25) is 0 Å². The van der Waals surface area contributed by atoms with Crippen molar-refractivity contribution in [3.05, 3.63) is 45.4 Å². The van der Waals surface area contributed by atoms with Crippen molar-refractivity contribution >= 4 is 28.9 Å². The van der Waals surface area contributed by atoms with E-state index in [2.05, 4.69) is 10.3 Å². The Bertz CT molecular complexity index is 727. The zero-order valence-electron chi connectivity index (χ0n) is 13.6. The first-order valence-electron chi connectivity index (χ1n) is 7.27. The number of carbonyl (C=O) groups is 2. The van der Waals surface area contributed by atoms with E-state index >= 15 is 0 Å². The average Bonchev–Trinajstić information content (AvgIpc) is 2.84. The lowest BCUT2D eigenvalue weighted by molar-refractivity contribution is -0.114. The number of benzene rings is 1. The van der Waals surface area contributed by atoms with Gasteiger partial charge in [0.2, 0.25) is 5.91 Å². The monoisotopic (exact) mass is 332 g/mol. The highest BCUT2D eigenvalue weighted by Crippen LogP contribution is 2.30. The minimum Gasteiger partial charge on any atom is -0.477 e. The summed E-state index contributed by atoms with van der Waals surface area (Å²) in [6, 6.07) is 7.34. The molecular weight excluding hydrogens is 312 g/mol. The zero-order chi connectivity index (χ0) is 17.2. The Kier molecular flexibility index (Phi) is 4.85. The number of amides is 1. The first-order valence-corrected chi connectivity index (χ1v) is 8.08. The molecule has 5 nitrogen and oxygen atoms in total. The Hall–Kier alpha value is -2.21. The molecule has 0 fully saturated rings. The van der Waals surface area contributed by atoms with Crippen molar-refractivity contribution in [2.45, 2.75) is 39.5 Å². The number of aromatic nitrogens is 1. The first kappa shape index (κ1) is 17.1. The van der Waals surface area contributed by atoms with Crippen molar-refractivity contribution in [3.8, 4) is 0 Å². The Balaban J connectivity index is 2.27. The van der Waals surface area contributed by atoms with Gasteiger partial charge in [-0.3, -0.25) is 4.79 Å². The summed E-state index contributed by atoms with van der Waals surface area (Å²) in [6.07, 6.45) is 0.453. The molecule has 0 atom stereocenters. The second-order valence-electron chi connectivity index (χ2n) is 6.40. The van der Waals surface area contributed by atoms with Gasteiger partial charge in [0.25, 0.3) is 0 Å². The first-order chi connectivity index (χ1) is 10.7. The molecule has 0 aliphatic heterocycles. The van der Waals surface area contributed by atoms with Gasteiger partial charge in [0.05, 0.1) is 10.7 Å². The van der Waals surface area contributed by atoms with Crippen LogP contribution < -0.4 is 5.32 Å². The number of aromatic carboxylic acids is 1. The number of anilines is 1. The molecule has 0 aliphatic carbocycles. The molecule has 2 rings (SSSR count). The van der Waals surface area contributed by atoms with Crippen molar-refractivity contribution in [2.24, 2.45) is 0 Å². The van der Waals surface area contributed by atoms with Crippen LogP contribution in [0.3, 0.4) is 0 Å².